The first kappa shape index (κ1) is 32.3. The third-order valence-corrected chi connectivity index (χ3v) is 8.33. The lowest BCUT2D eigenvalue weighted by Crippen LogP contribution is -2.16. The average Bonchev–Trinajstić information content (AvgIpc) is 3.10. The van der Waals surface area contributed by atoms with Crippen LogP contribution in [-0.2, 0) is 0 Å². The lowest BCUT2D eigenvalue weighted by molar-refractivity contribution is 0.830. The highest BCUT2D eigenvalue weighted by Crippen LogP contribution is 2.38. The monoisotopic (exact) mass is 599 g/mol. The van der Waals surface area contributed by atoms with Gasteiger partial charge in [-0.15, -0.1) is 0 Å². The van der Waals surface area contributed by atoms with E-state index in [2.05, 4.69) is 181 Å². The fraction of sp³-hybridized carbons (Fsp3) is 0.156. The minimum Gasteiger partial charge on any atom is -0.345 e. The molecule has 6 aromatic rings. The second kappa shape index (κ2) is 14.3. The first-order valence-electron chi connectivity index (χ1n) is 16.3. The highest BCUT2D eigenvalue weighted by Gasteiger charge is 2.14. The van der Waals surface area contributed by atoms with E-state index in [1.54, 1.807) is 0 Å². The molecule has 0 aliphatic rings. The molecule has 1 nitrogen and oxygen atoms in total. The summed E-state index contributed by atoms with van der Waals surface area (Å²) in [5.41, 5.74) is 8.60. The van der Waals surface area contributed by atoms with E-state index in [0.717, 1.165) is 33.6 Å². The molecular formula is C45H45N. The zero-order valence-corrected chi connectivity index (χ0v) is 28.0. The van der Waals surface area contributed by atoms with Gasteiger partial charge in [-0.25, -0.2) is 0 Å². The van der Waals surface area contributed by atoms with E-state index >= 15 is 0 Å². The molecule has 0 spiro atoms. The molecule has 0 N–H and O–H groups in total. The fourth-order valence-electron chi connectivity index (χ4n) is 5.91. The zero-order chi connectivity index (χ0) is 32.8. The third kappa shape index (κ3) is 6.60. The van der Waals surface area contributed by atoms with Crippen LogP contribution < -0.4 is 4.90 Å². The second-order valence-electron chi connectivity index (χ2n) is 12.3. The van der Waals surface area contributed by atoms with E-state index in [9.17, 15) is 0 Å². The van der Waals surface area contributed by atoms with Crippen LogP contribution >= 0.6 is 0 Å². The maximum Gasteiger partial charge on any atom is 0.0487 e. The Morgan fingerprint density at radius 1 is 0.630 bits per heavy atom. The summed E-state index contributed by atoms with van der Waals surface area (Å²) >= 11 is 0. The fourth-order valence-corrected chi connectivity index (χ4v) is 5.91. The number of fused-ring (bicyclic) bond motifs is 6. The van der Waals surface area contributed by atoms with E-state index < -0.39 is 0 Å². The summed E-state index contributed by atoms with van der Waals surface area (Å²) in [4.78, 5) is 2.12. The first-order chi connectivity index (χ1) is 22.3. The zero-order valence-electron chi connectivity index (χ0n) is 28.0. The van der Waals surface area contributed by atoms with Gasteiger partial charge in [0.2, 0.25) is 0 Å². The number of hydrogen-bond donors (Lipinski definition) is 0. The number of anilines is 1. The molecule has 0 radical (unpaired) electrons. The summed E-state index contributed by atoms with van der Waals surface area (Å²) in [6.07, 6.45) is 7.32. The average molecular weight is 600 g/mol. The predicted molar refractivity (Wildman–Crippen MR) is 207 cm³/mol. The molecule has 0 aromatic heterocycles. The van der Waals surface area contributed by atoms with E-state index in [4.69, 9.17) is 0 Å². The Morgan fingerprint density at radius 2 is 1.11 bits per heavy atom. The van der Waals surface area contributed by atoms with Crippen molar-refractivity contribution in [2.24, 2.45) is 5.92 Å². The molecule has 46 heavy (non-hydrogen) atoms. The molecule has 0 aliphatic heterocycles. The van der Waals surface area contributed by atoms with Crippen molar-refractivity contribution in [3.05, 3.63) is 158 Å². The molecule has 0 saturated carbocycles. The highest BCUT2D eigenvalue weighted by molar-refractivity contribution is 6.25. The predicted octanol–water partition coefficient (Wildman–Crippen LogP) is 13.3. The Morgan fingerprint density at radius 3 is 1.65 bits per heavy atom. The SMILES string of the molecule is C=CC(=C)c1cc(-c2cccc(-c3ccc4c5ccccc5c5ccccc5c4c3)c2)ccc1N(C)C(=C)/C=C\C(C)C.CCC. The van der Waals surface area contributed by atoms with E-state index in [-0.39, 0.29) is 0 Å². The van der Waals surface area contributed by atoms with Crippen molar-refractivity contribution < 1.29 is 0 Å². The summed E-state index contributed by atoms with van der Waals surface area (Å²) in [6, 6.07) is 39.7. The molecular weight excluding hydrogens is 555 g/mol. The Kier molecular flexibility index (Phi) is 10.0. The summed E-state index contributed by atoms with van der Waals surface area (Å²) in [5, 5.41) is 7.72. The molecule has 0 heterocycles. The van der Waals surface area contributed by atoms with Crippen LogP contribution in [0.1, 0.15) is 39.7 Å². The van der Waals surface area contributed by atoms with Crippen molar-refractivity contribution in [1.82, 2.24) is 0 Å². The molecule has 1 heteroatoms. The van der Waals surface area contributed by atoms with Crippen molar-refractivity contribution in [3.63, 3.8) is 0 Å². The molecule has 0 unspecified atom stereocenters. The number of rotatable bonds is 8. The van der Waals surface area contributed by atoms with Crippen LogP contribution in [0.3, 0.4) is 0 Å². The van der Waals surface area contributed by atoms with Gasteiger partial charge in [-0.1, -0.05) is 151 Å². The van der Waals surface area contributed by atoms with E-state index in [1.165, 1.54) is 49.9 Å². The molecule has 6 rings (SSSR count). The first-order valence-corrected chi connectivity index (χ1v) is 16.3. The summed E-state index contributed by atoms with van der Waals surface area (Å²) in [5.74, 6) is 0.461. The highest BCUT2D eigenvalue weighted by atomic mass is 15.1. The number of benzene rings is 6. The summed E-state index contributed by atoms with van der Waals surface area (Å²) in [7, 11) is 2.05. The van der Waals surface area contributed by atoms with Gasteiger partial charge in [0.1, 0.15) is 0 Å². The second-order valence-corrected chi connectivity index (χ2v) is 12.3. The van der Waals surface area contributed by atoms with E-state index in [1.807, 2.05) is 6.08 Å². The molecule has 0 fully saturated rings. The van der Waals surface area contributed by atoms with Gasteiger partial charge < -0.3 is 4.90 Å². The lowest BCUT2D eigenvalue weighted by atomic mass is 9.91. The van der Waals surface area contributed by atoms with Crippen molar-refractivity contribution >= 4 is 43.6 Å². The maximum atomic E-state index is 4.30. The number of allylic oxidation sites excluding steroid dienone is 4. The summed E-state index contributed by atoms with van der Waals surface area (Å²) < 4.78 is 0. The number of nitrogens with zero attached hydrogens (tertiary/aromatic N) is 1. The Labute approximate surface area is 275 Å². The van der Waals surface area contributed by atoms with Gasteiger partial charge in [-0.2, -0.15) is 0 Å². The smallest absolute Gasteiger partial charge is 0.0487 e. The molecule has 0 bridgehead atoms. The van der Waals surface area contributed by atoms with Crippen LogP contribution in [0.5, 0.6) is 0 Å². The number of hydrogen-bond acceptors (Lipinski definition) is 1. The third-order valence-electron chi connectivity index (χ3n) is 8.33. The van der Waals surface area contributed by atoms with Gasteiger partial charge in [-0.05, 0) is 96.4 Å². The van der Waals surface area contributed by atoms with Gasteiger partial charge in [0.05, 0.1) is 0 Å². The largest absolute Gasteiger partial charge is 0.345 e. The quantitative estimate of drug-likeness (QED) is 0.124. The normalized spacial score (nSPS) is 11.2. The molecule has 6 aromatic carbocycles. The minimum absolute atomic E-state index is 0.461. The topological polar surface area (TPSA) is 3.24 Å². The Bertz CT molecular complexity index is 2050. The Hall–Kier alpha value is -5.14. The number of likely N-dealkylation sites (N-methyl/N-ethyl adjacent to an activating group) is 1. The standard InChI is InChI=1S/C42H37N.C3H8/c1-7-29(4)40-26-34(22-24-42(40)43(6)30(5)20-19-28(2)3)32-14-12-13-31(25-32)33-21-23-39-37-17-9-8-15-35(37)36-16-10-11-18-38(36)41(39)27-33;1-3-2/h7-28H,1,4-5H2,2-3,6H3;3H2,1-2H3/b20-19-;. The van der Waals surface area contributed by atoms with Gasteiger partial charge in [0, 0.05) is 24.0 Å². The lowest BCUT2D eigenvalue weighted by Gasteiger charge is -2.24. The molecule has 230 valence electrons. The van der Waals surface area contributed by atoms with Gasteiger partial charge in [-0.3, -0.25) is 0 Å². The van der Waals surface area contributed by atoms with Crippen LogP contribution in [0.4, 0.5) is 5.69 Å². The summed E-state index contributed by atoms with van der Waals surface area (Å²) in [6.45, 7) is 21.2. The molecule has 0 saturated heterocycles. The minimum atomic E-state index is 0.461. The van der Waals surface area contributed by atoms with Crippen molar-refractivity contribution in [3.8, 4) is 22.3 Å². The molecule has 0 aliphatic carbocycles. The van der Waals surface area contributed by atoms with Crippen molar-refractivity contribution in [2.45, 2.75) is 34.1 Å². The van der Waals surface area contributed by atoms with Crippen LogP contribution in [0, 0.1) is 5.92 Å². The van der Waals surface area contributed by atoms with Gasteiger partial charge in [0.15, 0.2) is 0 Å². The van der Waals surface area contributed by atoms with Gasteiger partial charge in [0.25, 0.3) is 0 Å². The van der Waals surface area contributed by atoms with Crippen LogP contribution in [0.25, 0.3) is 60.1 Å². The maximum absolute atomic E-state index is 4.30. The van der Waals surface area contributed by atoms with Crippen LogP contribution in [-0.4, -0.2) is 7.05 Å². The van der Waals surface area contributed by atoms with E-state index in [0.29, 0.717) is 5.92 Å². The van der Waals surface area contributed by atoms with Crippen molar-refractivity contribution in [1.29, 1.82) is 0 Å². The van der Waals surface area contributed by atoms with Crippen LogP contribution in [0.2, 0.25) is 0 Å². The van der Waals surface area contributed by atoms with Crippen molar-refractivity contribution in [2.75, 3.05) is 11.9 Å². The Balaban J connectivity index is 0.00000134. The van der Waals surface area contributed by atoms with Gasteiger partial charge >= 0.3 is 0 Å². The van der Waals surface area contributed by atoms with Crippen LogP contribution in [0.15, 0.2) is 153 Å². The molecule has 0 amide bonds. The molecule has 0 atom stereocenters.